The summed E-state index contributed by atoms with van der Waals surface area (Å²) >= 11 is 0. The van der Waals surface area contributed by atoms with Gasteiger partial charge in [-0.1, -0.05) is 18.0 Å². The van der Waals surface area contributed by atoms with Gasteiger partial charge in [-0.2, -0.15) is 4.98 Å². The maximum absolute atomic E-state index is 10.9. The van der Waals surface area contributed by atoms with Crippen LogP contribution in [-0.4, -0.2) is 16.0 Å². The molecule has 2 N–H and O–H groups in total. The molecule has 1 fully saturated rings. The highest BCUT2D eigenvalue weighted by Crippen LogP contribution is 2.33. The van der Waals surface area contributed by atoms with Crippen molar-refractivity contribution >= 4 is 5.91 Å². The van der Waals surface area contributed by atoms with Gasteiger partial charge in [0, 0.05) is 5.92 Å². The van der Waals surface area contributed by atoms with Crippen LogP contribution in [0.3, 0.4) is 0 Å². The molecule has 2 aromatic rings. The lowest BCUT2D eigenvalue weighted by atomic mass is 10.1. The van der Waals surface area contributed by atoms with Crippen LogP contribution < -0.4 is 5.73 Å². The molecular formula is C12H13N3O3. The van der Waals surface area contributed by atoms with Gasteiger partial charge in [0.05, 0.1) is 0 Å². The van der Waals surface area contributed by atoms with E-state index in [1.807, 2.05) is 0 Å². The van der Waals surface area contributed by atoms with Crippen LogP contribution in [-0.2, 0) is 0 Å². The van der Waals surface area contributed by atoms with E-state index in [0.29, 0.717) is 17.6 Å². The Morgan fingerprint density at radius 1 is 1.33 bits per heavy atom. The number of hydrogen-bond donors (Lipinski definition) is 1. The number of nitrogens with zero attached hydrogens (tertiary/aromatic N) is 2. The number of aromatic nitrogens is 2. The van der Waals surface area contributed by atoms with Crippen LogP contribution >= 0.6 is 0 Å². The molecule has 2 aromatic heterocycles. The van der Waals surface area contributed by atoms with Gasteiger partial charge in [0.15, 0.2) is 17.3 Å². The lowest BCUT2D eigenvalue weighted by Gasteiger charge is -1.99. The Balaban J connectivity index is 1.85. The Hall–Kier alpha value is -2.11. The Kier molecular flexibility index (Phi) is 2.62. The predicted molar refractivity (Wildman–Crippen MR) is 61.7 cm³/mol. The van der Waals surface area contributed by atoms with Crippen molar-refractivity contribution in [1.29, 1.82) is 0 Å². The third-order valence-corrected chi connectivity index (χ3v) is 3.22. The van der Waals surface area contributed by atoms with E-state index in [0.717, 1.165) is 18.7 Å². The van der Waals surface area contributed by atoms with Crippen molar-refractivity contribution in [3.8, 4) is 11.7 Å². The maximum Gasteiger partial charge on any atom is 0.293 e. The summed E-state index contributed by atoms with van der Waals surface area (Å²) in [5, 5.41) is 3.97. The Morgan fingerprint density at radius 2 is 2.11 bits per heavy atom. The summed E-state index contributed by atoms with van der Waals surface area (Å²) in [5.74, 6) is 1.25. The van der Waals surface area contributed by atoms with Crippen molar-refractivity contribution in [2.45, 2.75) is 31.6 Å². The molecule has 1 aliphatic carbocycles. The standard InChI is InChI=1S/C12H13N3O3/c13-10(16)8-5-6-9(17-8)12-14-11(15-18-12)7-3-1-2-4-7/h5-7H,1-4H2,(H2,13,16). The SMILES string of the molecule is NC(=O)c1ccc(-c2nc(C3CCCC3)no2)o1. The molecule has 0 bridgehead atoms. The minimum absolute atomic E-state index is 0.0885. The largest absolute Gasteiger partial charge is 0.446 e. The van der Waals surface area contributed by atoms with Crippen LogP contribution in [0.4, 0.5) is 0 Å². The molecule has 0 aromatic carbocycles. The second-order valence-electron chi connectivity index (χ2n) is 4.47. The third kappa shape index (κ3) is 1.90. The zero-order valence-electron chi connectivity index (χ0n) is 9.76. The monoisotopic (exact) mass is 247 g/mol. The summed E-state index contributed by atoms with van der Waals surface area (Å²) in [5.41, 5.74) is 5.11. The summed E-state index contributed by atoms with van der Waals surface area (Å²) in [6, 6.07) is 3.10. The van der Waals surface area contributed by atoms with Crippen molar-refractivity contribution in [2.75, 3.05) is 0 Å². The average molecular weight is 247 g/mol. The first kappa shape index (κ1) is 11.0. The molecule has 94 valence electrons. The number of amides is 1. The molecule has 0 saturated heterocycles. The predicted octanol–water partition coefficient (Wildman–Crippen LogP) is 2.09. The molecule has 2 heterocycles. The van der Waals surface area contributed by atoms with Crippen LogP contribution in [0.5, 0.6) is 0 Å². The number of nitrogens with two attached hydrogens (primary N) is 1. The van der Waals surface area contributed by atoms with Gasteiger partial charge in [0.1, 0.15) is 0 Å². The molecule has 6 nitrogen and oxygen atoms in total. The number of furan rings is 1. The Labute approximate surface area is 103 Å². The van der Waals surface area contributed by atoms with Crippen LogP contribution in [0.1, 0.15) is 48.0 Å². The summed E-state index contributed by atoms with van der Waals surface area (Å²) in [7, 11) is 0. The molecule has 1 amide bonds. The maximum atomic E-state index is 10.9. The van der Waals surface area contributed by atoms with E-state index in [1.54, 1.807) is 6.07 Å². The fourth-order valence-corrected chi connectivity index (χ4v) is 2.27. The molecule has 3 rings (SSSR count). The highest BCUT2D eigenvalue weighted by atomic mass is 16.5. The van der Waals surface area contributed by atoms with Crippen LogP contribution in [0, 0.1) is 0 Å². The van der Waals surface area contributed by atoms with Crippen molar-refractivity contribution in [3.05, 3.63) is 23.7 Å². The van der Waals surface area contributed by atoms with Crippen molar-refractivity contribution in [1.82, 2.24) is 10.1 Å². The summed E-state index contributed by atoms with van der Waals surface area (Å²) in [6.45, 7) is 0. The molecule has 1 aliphatic rings. The van der Waals surface area contributed by atoms with Crippen molar-refractivity contribution in [3.63, 3.8) is 0 Å². The van der Waals surface area contributed by atoms with Gasteiger partial charge in [-0.3, -0.25) is 4.79 Å². The van der Waals surface area contributed by atoms with Gasteiger partial charge in [-0.25, -0.2) is 0 Å². The van der Waals surface area contributed by atoms with E-state index in [-0.39, 0.29) is 5.76 Å². The lowest BCUT2D eigenvalue weighted by Crippen LogP contribution is -2.09. The smallest absolute Gasteiger partial charge is 0.293 e. The van der Waals surface area contributed by atoms with E-state index in [1.165, 1.54) is 18.9 Å². The highest BCUT2D eigenvalue weighted by Gasteiger charge is 2.23. The number of carbonyl (C=O) groups is 1. The van der Waals surface area contributed by atoms with Gasteiger partial charge in [0.2, 0.25) is 0 Å². The molecule has 0 unspecified atom stereocenters. The minimum atomic E-state index is -0.614. The molecule has 0 aliphatic heterocycles. The fourth-order valence-electron chi connectivity index (χ4n) is 2.27. The normalized spacial score (nSPS) is 16.2. The number of primary amides is 1. The Morgan fingerprint density at radius 3 is 2.78 bits per heavy atom. The number of carbonyl (C=O) groups excluding carboxylic acids is 1. The minimum Gasteiger partial charge on any atom is -0.446 e. The van der Waals surface area contributed by atoms with Gasteiger partial charge in [-0.05, 0) is 25.0 Å². The van der Waals surface area contributed by atoms with Crippen LogP contribution in [0.2, 0.25) is 0 Å². The molecule has 0 radical (unpaired) electrons. The first-order chi connectivity index (χ1) is 8.74. The Bertz CT molecular complexity index is 567. The first-order valence-electron chi connectivity index (χ1n) is 5.97. The third-order valence-electron chi connectivity index (χ3n) is 3.22. The summed E-state index contributed by atoms with van der Waals surface area (Å²) in [6.07, 6.45) is 4.62. The fraction of sp³-hybridized carbons (Fsp3) is 0.417. The lowest BCUT2D eigenvalue weighted by molar-refractivity contribution is 0.0974. The van der Waals surface area contributed by atoms with E-state index in [2.05, 4.69) is 10.1 Å². The van der Waals surface area contributed by atoms with Gasteiger partial charge in [0.25, 0.3) is 11.8 Å². The van der Waals surface area contributed by atoms with Gasteiger partial charge >= 0.3 is 0 Å². The van der Waals surface area contributed by atoms with Gasteiger partial charge in [-0.15, -0.1) is 0 Å². The second kappa shape index (κ2) is 4.29. The van der Waals surface area contributed by atoms with Crippen LogP contribution in [0.25, 0.3) is 11.7 Å². The van der Waals surface area contributed by atoms with Crippen molar-refractivity contribution in [2.24, 2.45) is 5.73 Å². The molecule has 18 heavy (non-hydrogen) atoms. The number of hydrogen-bond acceptors (Lipinski definition) is 5. The van der Waals surface area contributed by atoms with Gasteiger partial charge < -0.3 is 14.7 Å². The molecular weight excluding hydrogens is 234 g/mol. The van der Waals surface area contributed by atoms with E-state index >= 15 is 0 Å². The first-order valence-corrected chi connectivity index (χ1v) is 5.97. The second-order valence-corrected chi connectivity index (χ2v) is 4.47. The topological polar surface area (TPSA) is 95.2 Å². The van der Waals surface area contributed by atoms with E-state index in [4.69, 9.17) is 14.7 Å². The zero-order valence-corrected chi connectivity index (χ0v) is 9.76. The zero-order chi connectivity index (χ0) is 12.5. The molecule has 0 spiro atoms. The number of rotatable bonds is 3. The molecule has 6 heteroatoms. The van der Waals surface area contributed by atoms with E-state index in [9.17, 15) is 4.79 Å². The quantitative estimate of drug-likeness (QED) is 0.895. The summed E-state index contributed by atoms with van der Waals surface area (Å²) < 4.78 is 10.4. The summed E-state index contributed by atoms with van der Waals surface area (Å²) in [4.78, 5) is 15.2. The highest BCUT2D eigenvalue weighted by molar-refractivity contribution is 5.90. The molecule has 1 saturated carbocycles. The van der Waals surface area contributed by atoms with Crippen LogP contribution in [0.15, 0.2) is 21.1 Å². The average Bonchev–Trinajstić information content (AvgIpc) is 3.10. The molecule has 0 atom stereocenters. The van der Waals surface area contributed by atoms with E-state index < -0.39 is 5.91 Å². The van der Waals surface area contributed by atoms with Crippen molar-refractivity contribution < 1.29 is 13.7 Å².